The molecular weight excluding hydrogens is 298 g/mol. The molecule has 1 amide bonds. The van der Waals surface area contributed by atoms with Crippen molar-refractivity contribution in [1.29, 1.82) is 0 Å². The molecule has 2 aromatic rings. The highest BCUT2D eigenvalue weighted by molar-refractivity contribution is 7.98. The van der Waals surface area contributed by atoms with Crippen LogP contribution in [0, 0.1) is 13.8 Å². The maximum Gasteiger partial charge on any atom is 0.254 e. The predicted molar refractivity (Wildman–Crippen MR) is 89.5 cm³/mol. The Morgan fingerprint density at radius 3 is 2.55 bits per heavy atom. The summed E-state index contributed by atoms with van der Waals surface area (Å²) in [5.41, 5.74) is 1.84. The van der Waals surface area contributed by atoms with Crippen LogP contribution in [-0.2, 0) is 11.2 Å². The summed E-state index contributed by atoms with van der Waals surface area (Å²) in [6.45, 7) is 3.53. The number of H-pyrrole nitrogens is 1. The van der Waals surface area contributed by atoms with Crippen LogP contribution < -0.4 is 10.9 Å². The van der Waals surface area contributed by atoms with Crippen LogP contribution in [0.5, 0.6) is 0 Å². The number of hydrogen-bond acceptors (Lipinski definition) is 4. The highest BCUT2D eigenvalue weighted by atomic mass is 32.2. The maximum atomic E-state index is 12.0. The number of carbonyl (C=O) groups excluding carboxylic acids is 1. The first-order valence-corrected chi connectivity index (χ1v) is 8.22. The highest BCUT2D eigenvalue weighted by Gasteiger charge is 2.09. The Morgan fingerprint density at radius 1 is 1.27 bits per heavy atom. The fourth-order valence-electron chi connectivity index (χ4n) is 2.18. The number of hydrogen-bond donors (Lipinski definition) is 2. The second kappa shape index (κ2) is 7.26. The first-order chi connectivity index (χ1) is 10.5. The van der Waals surface area contributed by atoms with E-state index < -0.39 is 0 Å². The van der Waals surface area contributed by atoms with Crippen molar-refractivity contribution >= 4 is 23.4 Å². The van der Waals surface area contributed by atoms with Gasteiger partial charge in [-0.2, -0.15) is 0 Å². The minimum absolute atomic E-state index is 0.115. The van der Waals surface area contributed by atoms with Gasteiger partial charge in [0.1, 0.15) is 5.82 Å². The third-order valence-corrected chi connectivity index (χ3v) is 4.06. The topological polar surface area (TPSA) is 74.8 Å². The zero-order valence-corrected chi connectivity index (χ0v) is 13.7. The van der Waals surface area contributed by atoms with Crippen molar-refractivity contribution in [3.05, 3.63) is 51.7 Å². The van der Waals surface area contributed by atoms with Crippen LogP contribution >= 0.6 is 11.8 Å². The fraction of sp³-hybridized carbons (Fsp3) is 0.312. The number of nitrogens with one attached hydrogen (secondary N) is 2. The molecule has 2 N–H and O–H groups in total. The number of amides is 1. The van der Waals surface area contributed by atoms with Gasteiger partial charge in [0.15, 0.2) is 0 Å². The largest absolute Gasteiger partial charge is 0.326 e. The third-order valence-electron chi connectivity index (χ3n) is 3.32. The summed E-state index contributed by atoms with van der Waals surface area (Å²) >= 11 is 1.65. The highest BCUT2D eigenvalue weighted by Crippen LogP contribution is 2.17. The Labute approximate surface area is 133 Å². The number of rotatable bonds is 5. The van der Waals surface area contributed by atoms with Crippen molar-refractivity contribution in [2.75, 3.05) is 11.6 Å². The second-order valence-electron chi connectivity index (χ2n) is 4.99. The molecule has 116 valence electrons. The number of anilines is 1. The summed E-state index contributed by atoms with van der Waals surface area (Å²) in [5, 5.41) is 2.83. The molecule has 0 saturated heterocycles. The number of aryl methyl sites for hydroxylation is 2. The molecule has 0 bridgehead atoms. The van der Waals surface area contributed by atoms with Crippen LogP contribution in [0.1, 0.15) is 23.5 Å². The van der Waals surface area contributed by atoms with E-state index in [0.29, 0.717) is 23.5 Å². The van der Waals surface area contributed by atoms with Crippen LogP contribution in [0.2, 0.25) is 0 Å². The zero-order valence-electron chi connectivity index (χ0n) is 12.9. The second-order valence-corrected chi connectivity index (χ2v) is 5.87. The molecule has 0 aliphatic carbocycles. The number of carbonyl (C=O) groups is 1. The van der Waals surface area contributed by atoms with E-state index in [-0.39, 0.29) is 17.9 Å². The number of aromatic amines is 1. The number of thioether (sulfide) groups is 1. The summed E-state index contributed by atoms with van der Waals surface area (Å²) in [4.78, 5) is 31.9. The van der Waals surface area contributed by atoms with Gasteiger partial charge in [-0.25, -0.2) is 4.98 Å². The molecule has 0 unspecified atom stereocenters. The molecule has 1 aromatic carbocycles. The van der Waals surface area contributed by atoms with E-state index in [2.05, 4.69) is 15.3 Å². The number of nitrogens with zero attached hydrogens (tertiary/aromatic N) is 1. The van der Waals surface area contributed by atoms with Gasteiger partial charge >= 0.3 is 0 Å². The molecule has 2 rings (SSSR count). The zero-order chi connectivity index (χ0) is 16.1. The van der Waals surface area contributed by atoms with E-state index in [1.165, 1.54) is 0 Å². The summed E-state index contributed by atoms with van der Waals surface area (Å²) in [7, 11) is 0. The lowest BCUT2D eigenvalue weighted by molar-refractivity contribution is -0.116. The molecule has 1 aromatic heterocycles. The average molecular weight is 317 g/mol. The van der Waals surface area contributed by atoms with Crippen LogP contribution in [0.15, 0.2) is 34.0 Å². The van der Waals surface area contributed by atoms with Crippen LogP contribution in [0.25, 0.3) is 0 Å². The predicted octanol–water partition coefficient (Wildman–Crippen LogP) is 2.68. The minimum atomic E-state index is -0.165. The van der Waals surface area contributed by atoms with Crippen molar-refractivity contribution in [2.45, 2.75) is 31.6 Å². The van der Waals surface area contributed by atoms with Gasteiger partial charge in [0.05, 0.1) is 0 Å². The summed E-state index contributed by atoms with van der Waals surface area (Å²) in [6, 6.07) is 7.66. The normalized spacial score (nSPS) is 10.5. The quantitative estimate of drug-likeness (QED) is 0.831. The molecule has 0 aliphatic heterocycles. The summed E-state index contributed by atoms with van der Waals surface area (Å²) < 4.78 is 0. The third kappa shape index (κ3) is 4.21. The lowest BCUT2D eigenvalue weighted by Gasteiger charge is -2.07. The molecule has 0 spiro atoms. The van der Waals surface area contributed by atoms with Gasteiger partial charge in [-0.1, -0.05) is 0 Å². The molecule has 6 heteroatoms. The molecule has 0 radical (unpaired) electrons. The monoisotopic (exact) mass is 317 g/mol. The molecule has 0 saturated carbocycles. The Hall–Kier alpha value is -2.08. The Morgan fingerprint density at radius 2 is 1.95 bits per heavy atom. The lowest BCUT2D eigenvalue weighted by atomic mass is 10.1. The molecule has 22 heavy (non-hydrogen) atoms. The fourth-order valence-corrected chi connectivity index (χ4v) is 2.59. The number of aromatic nitrogens is 2. The van der Waals surface area contributed by atoms with Gasteiger partial charge < -0.3 is 10.3 Å². The van der Waals surface area contributed by atoms with Gasteiger partial charge in [0, 0.05) is 28.3 Å². The Kier molecular flexibility index (Phi) is 5.38. The van der Waals surface area contributed by atoms with Crippen molar-refractivity contribution in [3.8, 4) is 0 Å². The molecule has 0 aliphatic rings. The number of benzene rings is 1. The Bertz CT molecular complexity index is 723. The lowest BCUT2D eigenvalue weighted by Crippen LogP contribution is -2.20. The van der Waals surface area contributed by atoms with E-state index in [9.17, 15) is 9.59 Å². The van der Waals surface area contributed by atoms with Gasteiger partial charge in [-0.15, -0.1) is 11.8 Å². The molecule has 0 fully saturated rings. The SMILES string of the molecule is CSc1ccc(NC(=O)CCc2c(C)nc(C)[nH]c2=O)cc1. The first-order valence-electron chi connectivity index (χ1n) is 7.00. The van der Waals surface area contributed by atoms with Crippen molar-refractivity contribution in [3.63, 3.8) is 0 Å². The molecule has 0 atom stereocenters. The minimum Gasteiger partial charge on any atom is -0.326 e. The van der Waals surface area contributed by atoms with E-state index in [1.54, 1.807) is 25.6 Å². The van der Waals surface area contributed by atoms with Crippen LogP contribution in [0.3, 0.4) is 0 Å². The van der Waals surface area contributed by atoms with Gasteiger partial charge in [-0.3, -0.25) is 9.59 Å². The van der Waals surface area contributed by atoms with E-state index in [4.69, 9.17) is 0 Å². The van der Waals surface area contributed by atoms with Gasteiger partial charge in [-0.05, 0) is 50.8 Å². The van der Waals surface area contributed by atoms with E-state index in [0.717, 1.165) is 10.6 Å². The maximum absolute atomic E-state index is 12.0. The van der Waals surface area contributed by atoms with Crippen molar-refractivity contribution < 1.29 is 4.79 Å². The molecule has 1 heterocycles. The van der Waals surface area contributed by atoms with Crippen molar-refractivity contribution in [1.82, 2.24) is 9.97 Å². The average Bonchev–Trinajstić information content (AvgIpc) is 2.47. The van der Waals surface area contributed by atoms with Gasteiger partial charge in [0.25, 0.3) is 5.56 Å². The standard InChI is InChI=1S/C16H19N3O2S/c1-10-14(16(21)18-11(2)17-10)8-9-15(20)19-12-4-6-13(22-3)7-5-12/h4-7H,8-9H2,1-3H3,(H,19,20)(H,17,18,21). The molecular formula is C16H19N3O2S. The van der Waals surface area contributed by atoms with Gasteiger partial charge in [0.2, 0.25) is 5.91 Å². The first kappa shape index (κ1) is 16.3. The van der Waals surface area contributed by atoms with E-state index >= 15 is 0 Å². The van der Waals surface area contributed by atoms with E-state index in [1.807, 2.05) is 30.5 Å². The van der Waals surface area contributed by atoms with Crippen LogP contribution in [-0.4, -0.2) is 22.1 Å². The Balaban J connectivity index is 1.97. The smallest absolute Gasteiger partial charge is 0.254 e. The summed E-state index contributed by atoms with van der Waals surface area (Å²) in [6.07, 6.45) is 2.63. The van der Waals surface area contributed by atoms with Crippen molar-refractivity contribution in [2.24, 2.45) is 0 Å². The summed E-state index contributed by atoms with van der Waals surface area (Å²) in [5.74, 6) is 0.473. The molecule has 5 nitrogen and oxygen atoms in total. The van der Waals surface area contributed by atoms with Crippen LogP contribution in [0.4, 0.5) is 5.69 Å².